The standard InChI is InChI=1S/C18H15NO2S/c1-11-17(22-12(2)19-11)16-5-3-4-15(10-16)13-6-8-14(9-7-13)18(20)21/h3-10H,1-2H3,(H,20,21). The van der Waals surface area contributed by atoms with E-state index in [1.54, 1.807) is 23.5 Å². The number of aromatic carboxylic acids is 1. The van der Waals surface area contributed by atoms with Crippen LogP contribution in [0.15, 0.2) is 48.5 Å². The first-order chi connectivity index (χ1) is 10.5. The number of hydrogen-bond donors (Lipinski definition) is 1. The Kier molecular flexibility index (Phi) is 3.77. The Morgan fingerprint density at radius 1 is 1.00 bits per heavy atom. The summed E-state index contributed by atoms with van der Waals surface area (Å²) in [5, 5.41) is 10.0. The third-order valence-corrected chi connectivity index (χ3v) is 4.62. The maximum atomic E-state index is 10.9. The number of thiazole rings is 1. The van der Waals surface area contributed by atoms with E-state index in [4.69, 9.17) is 5.11 Å². The molecule has 0 fully saturated rings. The van der Waals surface area contributed by atoms with E-state index in [9.17, 15) is 4.79 Å². The Labute approximate surface area is 132 Å². The van der Waals surface area contributed by atoms with Crippen molar-refractivity contribution in [2.24, 2.45) is 0 Å². The van der Waals surface area contributed by atoms with Gasteiger partial charge in [0, 0.05) is 0 Å². The molecule has 0 spiro atoms. The Balaban J connectivity index is 2.00. The second-order valence-corrected chi connectivity index (χ2v) is 6.31. The van der Waals surface area contributed by atoms with E-state index in [0.29, 0.717) is 5.56 Å². The minimum atomic E-state index is -0.906. The average Bonchev–Trinajstić information content (AvgIpc) is 2.86. The van der Waals surface area contributed by atoms with Crippen LogP contribution >= 0.6 is 11.3 Å². The van der Waals surface area contributed by atoms with Gasteiger partial charge in [-0.3, -0.25) is 0 Å². The van der Waals surface area contributed by atoms with Gasteiger partial charge >= 0.3 is 5.97 Å². The summed E-state index contributed by atoms with van der Waals surface area (Å²) in [5.41, 5.74) is 4.56. The zero-order valence-electron chi connectivity index (χ0n) is 12.3. The Morgan fingerprint density at radius 3 is 2.27 bits per heavy atom. The van der Waals surface area contributed by atoms with E-state index in [2.05, 4.69) is 17.1 Å². The zero-order valence-corrected chi connectivity index (χ0v) is 13.1. The molecule has 3 nitrogen and oxygen atoms in total. The first-order valence-electron chi connectivity index (χ1n) is 6.93. The largest absolute Gasteiger partial charge is 0.478 e. The fourth-order valence-electron chi connectivity index (χ4n) is 2.44. The lowest BCUT2D eigenvalue weighted by molar-refractivity contribution is 0.0697. The SMILES string of the molecule is Cc1nc(C)c(-c2cccc(-c3ccc(C(=O)O)cc3)c2)s1. The molecule has 0 aliphatic heterocycles. The van der Waals surface area contributed by atoms with Gasteiger partial charge in [0.05, 0.1) is 21.1 Å². The van der Waals surface area contributed by atoms with Crippen LogP contribution in [0, 0.1) is 13.8 Å². The smallest absolute Gasteiger partial charge is 0.335 e. The summed E-state index contributed by atoms with van der Waals surface area (Å²) in [6.07, 6.45) is 0. The average molecular weight is 309 g/mol. The Morgan fingerprint density at radius 2 is 1.68 bits per heavy atom. The van der Waals surface area contributed by atoms with Gasteiger partial charge in [-0.25, -0.2) is 9.78 Å². The molecule has 1 heterocycles. The highest BCUT2D eigenvalue weighted by Gasteiger charge is 2.09. The summed E-state index contributed by atoms with van der Waals surface area (Å²) >= 11 is 1.69. The van der Waals surface area contributed by atoms with Crippen molar-refractivity contribution >= 4 is 17.3 Å². The molecule has 1 aromatic heterocycles. The van der Waals surface area contributed by atoms with E-state index in [-0.39, 0.29) is 0 Å². The summed E-state index contributed by atoms with van der Waals surface area (Å²) in [4.78, 5) is 16.6. The molecular formula is C18H15NO2S. The summed E-state index contributed by atoms with van der Waals surface area (Å²) in [7, 11) is 0. The van der Waals surface area contributed by atoms with Crippen LogP contribution in [0.4, 0.5) is 0 Å². The predicted molar refractivity (Wildman–Crippen MR) is 89.4 cm³/mol. The van der Waals surface area contributed by atoms with Crippen LogP contribution in [0.1, 0.15) is 21.1 Å². The van der Waals surface area contributed by atoms with Crippen molar-refractivity contribution in [2.75, 3.05) is 0 Å². The monoisotopic (exact) mass is 309 g/mol. The molecular weight excluding hydrogens is 294 g/mol. The van der Waals surface area contributed by atoms with Gasteiger partial charge in [-0.15, -0.1) is 11.3 Å². The molecule has 0 unspecified atom stereocenters. The van der Waals surface area contributed by atoms with E-state index in [1.807, 2.05) is 38.1 Å². The van der Waals surface area contributed by atoms with Crippen molar-refractivity contribution in [3.05, 3.63) is 64.8 Å². The zero-order chi connectivity index (χ0) is 15.7. The van der Waals surface area contributed by atoms with Crippen LogP contribution in [-0.4, -0.2) is 16.1 Å². The topological polar surface area (TPSA) is 50.2 Å². The molecule has 0 saturated heterocycles. The molecule has 0 aliphatic carbocycles. The van der Waals surface area contributed by atoms with Gasteiger partial charge in [-0.05, 0) is 48.7 Å². The lowest BCUT2D eigenvalue weighted by Gasteiger charge is -2.05. The quantitative estimate of drug-likeness (QED) is 0.756. The first-order valence-corrected chi connectivity index (χ1v) is 7.74. The van der Waals surface area contributed by atoms with Gasteiger partial charge in [0.2, 0.25) is 0 Å². The van der Waals surface area contributed by atoms with Crippen molar-refractivity contribution in [3.63, 3.8) is 0 Å². The number of aromatic nitrogens is 1. The normalized spacial score (nSPS) is 10.6. The molecule has 0 bridgehead atoms. The maximum absolute atomic E-state index is 10.9. The number of benzene rings is 2. The van der Waals surface area contributed by atoms with E-state index in [1.165, 1.54) is 4.88 Å². The molecule has 0 atom stereocenters. The molecule has 0 radical (unpaired) electrons. The number of hydrogen-bond acceptors (Lipinski definition) is 3. The molecule has 4 heteroatoms. The van der Waals surface area contributed by atoms with Crippen molar-refractivity contribution in [1.82, 2.24) is 4.98 Å². The lowest BCUT2D eigenvalue weighted by Crippen LogP contribution is -1.94. The molecule has 0 aliphatic rings. The minimum absolute atomic E-state index is 0.300. The summed E-state index contributed by atoms with van der Waals surface area (Å²) in [6, 6.07) is 15.2. The number of nitrogens with zero attached hydrogens (tertiary/aromatic N) is 1. The van der Waals surface area contributed by atoms with E-state index >= 15 is 0 Å². The van der Waals surface area contributed by atoms with Gasteiger partial charge in [-0.2, -0.15) is 0 Å². The lowest BCUT2D eigenvalue weighted by atomic mass is 10.0. The van der Waals surface area contributed by atoms with Crippen LogP contribution in [0.3, 0.4) is 0 Å². The summed E-state index contributed by atoms with van der Waals surface area (Å²) in [6.45, 7) is 4.03. The summed E-state index contributed by atoms with van der Waals surface area (Å²) < 4.78 is 0. The third kappa shape index (κ3) is 2.78. The molecule has 0 saturated carbocycles. The third-order valence-electron chi connectivity index (χ3n) is 3.49. The predicted octanol–water partition coefficient (Wildman–Crippen LogP) is 4.79. The molecule has 110 valence electrons. The number of rotatable bonds is 3. The van der Waals surface area contributed by atoms with Gasteiger partial charge in [0.15, 0.2) is 0 Å². The fraction of sp³-hybridized carbons (Fsp3) is 0.111. The van der Waals surface area contributed by atoms with Crippen LogP contribution < -0.4 is 0 Å². The number of aryl methyl sites for hydroxylation is 2. The van der Waals surface area contributed by atoms with Crippen LogP contribution in [0.2, 0.25) is 0 Å². The molecule has 3 aromatic rings. The highest BCUT2D eigenvalue weighted by molar-refractivity contribution is 7.15. The minimum Gasteiger partial charge on any atom is -0.478 e. The van der Waals surface area contributed by atoms with Gasteiger partial charge in [0.25, 0.3) is 0 Å². The number of carboxylic acids is 1. The van der Waals surface area contributed by atoms with Crippen LogP contribution in [0.25, 0.3) is 21.6 Å². The second kappa shape index (κ2) is 5.73. The van der Waals surface area contributed by atoms with Crippen molar-refractivity contribution < 1.29 is 9.90 Å². The second-order valence-electron chi connectivity index (χ2n) is 5.11. The molecule has 3 rings (SSSR count). The van der Waals surface area contributed by atoms with Crippen LogP contribution in [-0.2, 0) is 0 Å². The van der Waals surface area contributed by atoms with Crippen molar-refractivity contribution in [3.8, 4) is 21.6 Å². The van der Waals surface area contributed by atoms with E-state index < -0.39 is 5.97 Å². The summed E-state index contributed by atoms with van der Waals surface area (Å²) in [5.74, 6) is -0.906. The molecule has 1 N–H and O–H groups in total. The maximum Gasteiger partial charge on any atom is 0.335 e. The fourth-order valence-corrected chi connectivity index (χ4v) is 3.36. The van der Waals surface area contributed by atoms with Crippen molar-refractivity contribution in [2.45, 2.75) is 13.8 Å². The molecule has 0 amide bonds. The highest BCUT2D eigenvalue weighted by atomic mass is 32.1. The Hall–Kier alpha value is -2.46. The molecule has 22 heavy (non-hydrogen) atoms. The van der Waals surface area contributed by atoms with Gasteiger partial charge < -0.3 is 5.11 Å². The van der Waals surface area contributed by atoms with Gasteiger partial charge in [-0.1, -0.05) is 30.3 Å². The van der Waals surface area contributed by atoms with Crippen LogP contribution in [0.5, 0.6) is 0 Å². The number of carbonyl (C=O) groups is 1. The molecule has 2 aromatic carbocycles. The van der Waals surface area contributed by atoms with Gasteiger partial charge in [0.1, 0.15) is 0 Å². The van der Waals surface area contributed by atoms with E-state index in [0.717, 1.165) is 27.4 Å². The number of carboxylic acid groups (broad SMARTS) is 1. The first kappa shape index (κ1) is 14.5. The Bertz CT molecular complexity index is 835. The highest BCUT2D eigenvalue weighted by Crippen LogP contribution is 2.32. The van der Waals surface area contributed by atoms with Crippen molar-refractivity contribution in [1.29, 1.82) is 0 Å².